The Bertz CT molecular complexity index is 886. The van der Waals surface area contributed by atoms with Crippen LogP contribution in [0.2, 0.25) is 0 Å². The summed E-state index contributed by atoms with van der Waals surface area (Å²) in [4.78, 5) is 15.2. The Kier molecular flexibility index (Phi) is 5.39. The number of hydrogen-bond acceptors (Lipinski definition) is 5. The molecule has 1 amide bonds. The quantitative estimate of drug-likeness (QED) is 0.753. The Morgan fingerprint density at radius 1 is 1.04 bits per heavy atom. The number of rotatable bonds is 5. The minimum absolute atomic E-state index is 0.108. The molecule has 0 unspecified atom stereocenters. The molecule has 2 aromatic heterocycles. The summed E-state index contributed by atoms with van der Waals surface area (Å²) in [6, 6.07) is 14.1. The normalized spacial score (nSPS) is 16.7. The highest BCUT2D eigenvalue weighted by molar-refractivity contribution is 5.94. The molecule has 7 heteroatoms. The number of carbonyl (C=O) groups is 1. The van der Waals surface area contributed by atoms with E-state index in [1.165, 1.54) is 35.8 Å². The second-order valence-electron chi connectivity index (χ2n) is 6.99. The molecule has 1 N–H and O–H groups in total. The van der Waals surface area contributed by atoms with Gasteiger partial charge in [0.05, 0.1) is 11.6 Å². The maximum Gasteiger partial charge on any atom is 0.252 e. The summed E-state index contributed by atoms with van der Waals surface area (Å²) < 4.78 is 1.51. The van der Waals surface area contributed by atoms with E-state index < -0.39 is 0 Å². The Hall–Kier alpha value is -2.80. The topological polar surface area (TPSA) is 75.4 Å². The number of fused-ring (bicyclic) bond motifs is 1. The molecule has 27 heavy (non-hydrogen) atoms. The Labute approximate surface area is 158 Å². The van der Waals surface area contributed by atoms with Gasteiger partial charge in [-0.15, -0.1) is 5.10 Å². The first-order valence-electron chi connectivity index (χ1n) is 9.56. The zero-order valence-corrected chi connectivity index (χ0v) is 15.3. The number of benzene rings is 1. The molecule has 0 bridgehead atoms. The first-order valence-corrected chi connectivity index (χ1v) is 9.56. The van der Waals surface area contributed by atoms with Crippen LogP contribution in [0.3, 0.4) is 0 Å². The average Bonchev–Trinajstić information content (AvgIpc) is 3.02. The van der Waals surface area contributed by atoms with E-state index in [4.69, 9.17) is 0 Å². The van der Waals surface area contributed by atoms with Crippen molar-refractivity contribution in [3.8, 4) is 0 Å². The third-order valence-electron chi connectivity index (χ3n) is 5.18. The molecule has 4 rings (SSSR count). The molecule has 1 saturated heterocycles. The van der Waals surface area contributed by atoms with Crippen molar-refractivity contribution < 1.29 is 4.79 Å². The zero-order valence-electron chi connectivity index (χ0n) is 15.3. The molecule has 7 nitrogen and oxygen atoms in total. The predicted molar refractivity (Wildman–Crippen MR) is 102 cm³/mol. The van der Waals surface area contributed by atoms with Gasteiger partial charge in [-0.3, -0.25) is 9.69 Å². The number of nitrogens with zero attached hydrogens (tertiary/aromatic N) is 5. The molecule has 1 fully saturated rings. The van der Waals surface area contributed by atoms with Gasteiger partial charge in [-0.05, 0) is 54.1 Å². The zero-order chi connectivity index (χ0) is 18.5. The summed E-state index contributed by atoms with van der Waals surface area (Å²) in [5.74, 6) is -0.108. The lowest BCUT2D eigenvalue weighted by Crippen LogP contribution is -2.38. The predicted octanol–water partition coefficient (Wildman–Crippen LogP) is 2.47. The van der Waals surface area contributed by atoms with Crippen molar-refractivity contribution in [2.45, 2.75) is 31.7 Å². The molecule has 3 aromatic rings. The van der Waals surface area contributed by atoms with Crippen molar-refractivity contribution in [1.82, 2.24) is 30.3 Å². The first kappa shape index (κ1) is 17.6. The lowest BCUT2D eigenvalue weighted by molar-refractivity contribution is 0.0932. The maximum atomic E-state index is 12.7. The number of tetrazole rings is 1. The minimum atomic E-state index is -0.108. The van der Waals surface area contributed by atoms with Crippen LogP contribution in [0.4, 0.5) is 0 Å². The molecular formula is C20H24N6O. The maximum absolute atomic E-state index is 12.7. The Balaban J connectivity index is 1.49. The van der Waals surface area contributed by atoms with Gasteiger partial charge in [-0.1, -0.05) is 43.2 Å². The van der Waals surface area contributed by atoms with E-state index in [-0.39, 0.29) is 11.9 Å². The lowest BCUT2D eigenvalue weighted by Gasteiger charge is -2.31. The van der Waals surface area contributed by atoms with Crippen molar-refractivity contribution in [3.63, 3.8) is 0 Å². The summed E-state index contributed by atoms with van der Waals surface area (Å²) in [6.07, 6.45) is 6.67. The fraction of sp³-hybridized carbons (Fsp3) is 0.400. The van der Waals surface area contributed by atoms with Crippen molar-refractivity contribution in [2.24, 2.45) is 0 Å². The largest absolute Gasteiger partial charge is 0.350 e. The van der Waals surface area contributed by atoms with E-state index in [9.17, 15) is 4.79 Å². The van der Waals surface area contributed by atoms with Crippen molar-refractivity contribution in [2.75, 3.05) is 19.6 Å². The highest BCUT2D eigenvalue weighted by Gasteiger charge is 2.22. The van der Waals surface area contributed by atoms with Crippen LogP contribution in [0.1, 0.15) is 47.6 Å². The summed E-state index contributed by atoms with van der Waals surface area (Å²) in [5, 5.41) is 14.4. The van der Waals surface area contributed by atoms with Crippen molar-refractivity contribution in [1.29, 1.82) is 0 Å². The summed E-state index contributed by atoms with van der Waals surface area (Å²) >= 11 is 0. The fourth-order valence-electron chi connectivity index (χ4n) is 3.71. The lowest BCUT2D eigenvalue weighted by atomic mass is 10.0. The van der Waals surface area contributed by atoms with Crippen LogP contribution in [0, 0.1) is 0 Å². The number of likely N-dealkylation sites (tertiary alicyclic amines) is 1. The van der Waals surface area contributed by atoms with Gasteiger partial charge in [0.25, 0.3) is 5.91 Å². The van der Waals surface area contributed by atoms with Gasteiger partial charge in [0.1, 0.15) is 0 Å². The molecular weight excluding hydrogens is 340 g/mol. The van der Waals surface area contributed by atoms with Crippen LogP contribution >= 0.6 is 0 Å². The highest BCUT2D eigenvalue weighted by Crippen LogP contribution is 2.23. The average molecular weight is 364 g/mol. The summed E-state index contributed by atoms with van der Waals surface area (Å²) in [5.41, 5.74) is 2.42. The standard InChI is InChI=1S/C20H24N6O/c27-20(17-10-11-19-22-23-24-26(19)15-17)21-14-18(16-8-4-3-5-9-16)25-12-6-1-2-7-13-25/h3-5,8-11,15,18H,1-2,6-7,12-14H2,(H,21,27)/t18-/m0/s1. The number of pyridine rings is 1. The van der Waals surface area contributed by atoms with Gasteiger partial charge in [-0.25, -0.2) is 0 Å². The molecule has 1 aromatic carbocycles. The van der Waals surface area contributed by atoms with Crippen LogP contribution in [0.5, 0.6) is 0 Å². The van der Waals surface area contributed by atoms with E-state index in [2.05, 4.69) is 50.0 Å². The Morgan fingerprint density at radius 2 is 1.81 bits per heavy atom. The number of carbonyl (C=O) groups excluding carboxylic acids is 1. The third kappa shape index (κ3) is 4.14. The molecule has 0 spiro atoms. The molecule has 3 heterocycles. The summed E-state index contributed by atoms with van der Waals surface area (Å²) in [7, 11) is 0. The van der Waals surface area contributed by atoms with Crippen LogP contribution in [-0.2, 0) is 0 Å². The number of aromatic nitrogens is 4. The smallest absolute Gasteiger partial charge is 0.252 e. The van der Waals surface area contributed by atoms with Crippen molar-refractivity contribution >= 4 is 11.6 Å². The van der Waals surface area contributed by atoms with Gasteiger partial charge >= 0.3 is 0 Å². The SMILES string of the molecule is O=C(NC[C@@H](c1ccccc1)N1CCCCCC1)c1ccc2nnnn2c1. The first-order chi connectivity index (χ1) is 13.3. The molecule has 1 atom stereocenters. The van der Waals surface area contributed by atoms with Gasteiger partial charge in [0.2, 0.25) is 0 Å². The number of nitrogens with one attached hydrogen (secondary N) is 1. The van der Waals surface area contributed by atoms with E-state index in [1.54, 1.807) is 18.3 Å². The summed E-state index contributed by atoms with van der Waals surface area (Å²) in [6.45, 7) is 2.73. The fourth-order valence-corrected chi connectivity index (χ4v) is 3.71. The molecule has 1 aliphatic rings. The van der Waals surface area contributed by atoms with Gasteiger partial charge in [0, 0.05) is 12.7 Å². The number of hydrogen-bond donors (Lipinski definition) is 1. The van der Waals surface area contributed by atoms with E-state index in [0.29, 0.717) is 17.8 Å². The van der Waals surface area contributed by atoms with Crippen LogP contribution < -0.4 is 5.32 Å². The van der Waals surface area contributed by atoms with Gasteiger partial charge in [-0.2, -0.15) is 4.52 Å². The third-order valence-corrected chi connectivity index (χ3v) is 5.18. The van der Waals surface area contributed by atoms with Gasteiger partial charge < -0.3 is 5.32 Å². The molecule has 140 valence electrons. The molecule has 1 aliphatic heterocycles. The monoisotopic (exact) mass is 364 g/mol. The molecule has 0 aliphatic carbocycles. The van der Waals surface area contributed by atoms with Crippen LogP contribution in [-0.4, -0.2) is 50.5 Å². The second kappa shape index (κ2) is 8.26. The minimum Gasteiger partial charge on any atom is -0.350 e. The van der Waals surface area contributed by atoms with E-state index in [0.717, 1.165) is 13.1 Å². The molecule has 0 saturated carbocycles. The van der Waals surface area contributed by atoms with Crippen molar-refractivity contribution in [3.05, 3.63) is 59.8 Å². The Morgan fingerprint density at radius 3 is 2.59 bits per heavy atom. The number of amides is 1. The van der Waals surface area contributed by atoms with E-state index in [1.807, 2.05) is 6.07 Å². The van der Waals surface area contributed by atoms with E-state index >= 15 is 0 Å². The van der Waals surface area contributed by atoms with Gasteiger partial charge in [0.15, 0.2) is 5.65 Å². The molecule has 0 radical (unpaired) electrons. The highest BCUT2D eigenvalue weighted by atomic mass is 16.1. The van der Waals surface area contributed by atoms with Crippen LogP contribution in [0.25, 0.3) is 5.65 Å². The van der Waals surface area contributed by atoms with Crippen LogP contribution in [0.15, 0.2) is 48.7 Å². The second-order valence-corrected chi connectivity index (χ2v) is 6.99.